The van der Waals surface area contributed by atoms with Crippen molar-refractivity contribution in [2.75, 3.05) is 18.0 Å². The molecule has 1 aliphatic rings. The number of rotatable bonds is 2. The maximum atomic E-state index is 13.0. The highest BCUT2D eigenvalue weighted by atomic mass is 35.5. The minimum Gasteiger partial charge on any atom is -0.385 e. The molecule has 18 heteroatoms. The lowest BCUT2D eigenvalue weighted by Crippen LogP contribution is -2.43. The molecule has 0 radical (unpaired) electrons. The number of aromatic nitrogens is 9. The van der Waals surface area contributed by atoms with E-state index in [-0.39, 0.29) is 16.4 Å². The molecule has 6 rings (SSSR count). The van der Waals surface area contributed by atoms with Gasteiger partial charge in [0.15, 0.2) is 11.3 Å². The Morgan fingerprint density at radius 1 is 0.775 bits per heavy atom. The van der Waals surface area contributed by atoms with E-state index in [1.54, 1.807) is 24.5 Å². The fraction of sp³-hybridized carbons (Fsp3) is 0.318. The Kier molecular flexibility index (Phi) is 6.95. The van der Waals surface area contributed by atoms with E-state index >= 15 is 0 Å². The number of hydrogen-bond acceptors (Lipinski definition) is 9. The molecule has 0 amide bonds. The highest BCUT2D eigenvalue weighted by Crippen LogP contribution is 2.34. The molecule has 0 unspecified atom stereocenters. The summed E-state index contributed by atoms with van der Waals surface area (Å²) in [5, 5.41) is 31.2. The van der Waals surface area contributed by atoms with Gasteiger partial charge in [-0.25, -0.2) is 0 Å². The van der Waals surface area contributed by atoms with E-state index in [1.807, 2.05) is 11.0 Å². The van der Waals surface area contributed by atoms with E-state index in [2.05, 4.69) is 35.6 Å². The summed E-state index contributed by atoms with van der Waals surface area (Å²) >= 11 is 5.44. The fourth-order valence-electron chi connectivity index (χ4n) is 4.10. The van der Waals surface area contributed by atoms with Gasteiger partial charge in [0, 0.05) is 31.0 Å². The highest BCUT2D eigenvalue weighted by molar-refractivity contribution is 6.29. The van der Waals surface area contributed by atoms with Gasteiger partial charge in [0.05, 0.1) is 5.60 Å². The standard InChI is InChI=1S/C16H15F3N6O.C6H2ClF3N4/c17-16(18,19)14-22-21-12-3-4-13(23-25(12)14)24-8-5-15(26,6-9-24)11-2-1-7-20-10-11;7-3-1-2-4-11-12-5(6(8,9)10)14(4)13-3/h1-4,7,10,26H,5-6,8-9H2;1-2H. The Labute approximate surface area is 225 Å². The average Bonchev–Trinajstić information content (AvgIpc) is 3.54. The van der Waals surface area contributed by atoms with Crippen LogP contribution in [0.3, 0.4) is 0 Å². The maximum Gasteiger partial charge on any atom is 0.453 e. The summed E-state index contributed by atoms with van der Waals surface area (Å²) < 4.78 is 77.1. The first kappa shape index (κ1) is 27.4. The van der Waals surface area contributed by atoms with Crippen LogP contribution in [0, 0.1) is 0 Å². The summed E-state index contributed by atoms with van der Waals surface area (Å²) in [5.74, 6) is -1.95. The molecule has 0 spiro atoms. The molecular formula is C22H17ClF6N10O. The first-order valence-corrected chi connectivity index (χ1v) is 11.9. The van der Waals surface area contributed by atoms with Crippen LogP contribution in [0.2, 0.25) is 5.15 Å². The van der Waals surface area contributed by atoms with E-state index in [1.165, 1.54) is 18.2 Å². The monoisotopic (exact) mass is 586 g/mol. The van der Waals surface area contributed by atoms with Crippen molar-refractivity contribution in [3.8, 4) is 0 Å². The Morgan fingerprint density at radius 2 is 1.35 bits per heavy atom. The summed E-state index contributed by atoms with van der Waals surface area (Å²) in [7, 11) is 0. The predicted molar refractivity (Wildman–Crippen MR) is 126 cm³/mol. The number of nitrogens with zero attached hydrogens (tertiary/aromatic N) is 10. The molecule has 5 aromatic heterocycles. The molecule has 0 aliphatic carbocycles. The third kappa shape index (κ3) is 5.46. The van der Waals surface area contributed by atoms with Gasteiger partial charge in [-0.3, -0.25) is 4.98 Å². The van der Waals surface area contributed by atoms with Crippen LogP contribution in [0.1, 0.15) is 30.1 Å². The second kappa shape index (κ2) is 10.1. The van der Waals surface area contributed by atoms with Gasteiger partial charge in [-0.15, -0.1) is 25.5 Å². The quantitative estimate of drug-likeness (QED) is 0.308. The van der Waals surface area contributed by atoms with Crippen LogP contribution >= 0.6 is 11.6 Å². The Morgan fingerprint density at radius 3 is 1.90 bits per heavy atom. The zero-order valence-corrected chi connectivity index (χ0v) is 20.8. The number of alkyl halides is 6. The number of halogens is 7. The molecule has 1 aliphatic heterocycles. The number of pyridine rings is 1. The number of aliphatic hydroxyl groups is 1. The van der Waals surface area contributed by atoms with Gasteiger partial charge in [-0.1, -0.05) is 17.7 Å². The molecule has 40 heavy (non-hydrogen) atoms. The first-order valence-electron chi connectivity index (χ1n) is 11.5. The molecule has 0 saturated carbocycles. The van der Waals surface area contributed by atoms with Crippen LogP contribution in [0.25, 0.3) is 11.3 Å². The van der Waals surface area contributed by atoms with Crippen molar-refractivity contribution in [1.82, 2.24) is 44.6 Å². The Bertz CT molecular complexity index is 1630. The molecule has 11 nitrogen and oxygen atoms in total. The minimum atomic E-state index is -4.63. The normalized spacial score (nSPS) is 15.8. The molecule has 210 valence electrons. The molecule has 6 heterocycles. The molecule has 5 aromatic rings. The van der Waals surface area contributed by atoms with Crippen LogP contribution < -0.4 is 4.90 Å². The van der Waals surface area contributed by atoms with E-state index in [9.17, 15) is 31.4 Å². The number of piperidine rings is 1. The Hall–Kier alpha value is -4.12. The number of fused-ring (bicyclic) bond motifs is 2. The van der Waals surface area contributed by atoms with E-state index in [0.29, 0.717) is 40.8 Å². The summed E-state index contributed by atoms with van der Waals surface area (Å²) in [5.41, 5.74) is -0.226. The SMILES string of the molecule is FC(F)(F)c1nnc2ccc(Cl)nn12.OC1(c2cccnc2)CCN(c2ccc3nnc(C(F)(F)F)n3n2)CC1. The van der Waals surface area contributed by atoms with Gasteiger partial charge in [-0.2, -0.15) is 40.5 Å². The lowest BCUT2D eigenvalue weighted by atomic mass is 9.85. The van der Waals surface area contributed by atoms with Gasteiger partial charge in [-0.05, 0) is 43.2 Å². The highest BCUT2D eigenvalue weighted by Gasteiger charge is 2.39. The van der Waals surface area contributed by atoms with Crippen molar-refractivity contribution >= 4 is 28.7 Å². The molecule has 0 atom stereocenters. The summed E-state index contributed by atoms with van der Waals surface area (Å²) in [6.07, 6.45) is -5.10. The molecule has 0 aromatic carbocycles. The van der Waals surface area contributed by atoms with Crippen LogP contribution in [0.4, 0.5) is 32.2 Å². The van der Waals surface area contributed by atoms with Gasteiger partial charge < -0.3 is 10.0 Å². The lowest BCUT2D eigenvalue weighted by molar-refractivity contribution is -0.147. The molecule has 1 N–H and O–H groups in total. The average molecular weight is 587 g/mol. The lowest BCUT2D eigenvalue weighted by Gasteiger charge is -2.38. The van der Waals surface area contributed by atoms with Crippen molar-refractivity contribution < 1.29 is 31.4 Å². The van der Waals surface area contributed by atoms with Crippen molar-refractivity contribution in [3.05, 3.63) is 71.2 Å². The van der Waals surface area contributed by atoms with Crippen molar-refractivity contribution in [3.63, 3.8) is 0 Å². The first-order chi connectivity index (χ1) is 18.8. The van der Waals surface area contributed by atoms with Gasteiger partial charge in [0.25, 0.3) is 11.6 Å². The molecule has 1 fully saturated rings. The van der Waals surface area contributed by atoms with E-state index in [0.717, 1.165) is 5.56 Å². The third-order valence-electron chi connectivity index (χ3n) is 6.10. The molecular weight excluding hydrogens is 570 g/mol. The summed E-state index contributed by atoms with van der Waals surface area (Å²) in [6, 6.07) is 9.29. The van der Waals surface area contributed by atoms with E-state index < -0.39 is 29.6 Å². The van der Waals surface area contributed by atoms with Gasteiger partial charge in [0.2, 0.25) is 0 Å². The fourth-order valence-corrected chi connectivity index (χ4v) is 4.24. The smallest absolute Gasteiger partial charge is 0.385 e. The largest absolute Gasteiger partial charge is 0.453 e. The van der Waals surface area contributed by atoms with Gasteiger partial charge >= 0.3 is 12.4 Å². The summed E-state index contributed by atoms with van der Waals surface area (Å²) in [6.45, 7) is 0.904. The van der Waals surface area contributed by atoms with Crippen molar-refractivity contribution in [1.29, 1.82) is 0 Å². The zero-order chi connectivity index (χ0) is 28.7. The van der Waals surface area contributed by atoms with Crippen LogP contribution in [0.5, 0.6) is 0 Å². The van der Waals surface area contributed by atoms with Crippen molar-refractivity contribution in [2.24, 2.45) is 0 Å². The molecule has 0 bridgehead atoms. The van der Waals surface area contributed by atoms with Gasteiger partial charge in [0.1, 0.15) is 11.0 Å². The van der Waals surface area contributed by atoms with Crippen LogP contribution in [-0.2, 0) is 18.0 Å². The summed E-state index contributed by atoms with van der Waals surface area (Å²) in [4.78, 5) is 5.87. The van der Waals surface area contributed by atoms with Crippen LogP contribution in [-0.4, -0.2) is 62.8 Å². The minimum absolute atomic E-state index is 0.00160. The second-order valence-corrected chi connectivity index (χ2v) is 9.08. The number of anilines is 1. The predicted octanol–water partition coefficient (Wildman–Crippen LogP) is 3.82. The topological polar surface area (TPSA) is 123 Å². The zero-order valence-electron chi connectivity index (χ0n) is 20.0. The van der Waals surface area contributed by atoms with Crippen LogP contribution in [0.15, 0.2) is 48.8 Å². The van der Waals surface area contributed by atoms with E-state index in [4.69, 9.17) is 11.6 Å². The third-order valence-corrected chi connectivity index (χ3v) is 6.30. The maximum absolute atomic E-state index is 13.0. The number of hydrogen-bond donors (Lipinski definition) is 1. The Balaban J connectivity index is 0.000000194. The van der Waals surface area contributed by atoms with Crippen molar-refractivity contribution in [2.45, 2.75) is 30.8 Å². The molecule has 1 saturated heterocycles. The second-order valence-electron chi connectivity index (χ2n) is 8.69.